The summed E-state index contributed by atoms with van der Waals surface area (Å²) in [5, 5.41) is 40.1. The van der Waals surface area contributed by atoms with Crippen LogP contribution in [0.3, 0.4) is 0 Å². The highest BCUT2D eigenvalue weighted by Gasteiger charge is 2.44. The number of aliphatic hydroxyl groups excluding tert-OH is 4. The lowest BCUT2D eigenvalue weighted by atomic mass is 9.99. The molecule has 0 aromatic carbocycles. The van der Waals surface area contributed by atoms with E-state index in [1.807, 2.05) is 0 Å². The van der Waals surface area contributed by atoms with Crippen LogP contribution in [0.4, 0.5) is 0 Å². The first kappa shape index (κ1) is 52.4. The van der Waals surface area contributed by atoms with Crippen LogP contribution in [0.15, 0.2) is 85.1 Å². The molecule has 1 fully saturated rings. The zero-order valence-electron chi connectivity index (χ0n) is 35.6. The Hall–Kier alpha value is -2.63. The molecule has 1 saturated heterocycles. The summed E-state index contributed by atoms with van der Waals surface area (Å²) in [7, 11) is 0. The van der Waals surface area contributed by atoms with Crippen LogP contribution in [0.2, 0.25) is 0 Å². The van der Waals surface area contributed by atoms with Crippen LogP contribution in [0.1, 0.15) is 149 Å². The second-order valence-electron chi connectivity index (χ2n) is 14.8. The molecule has 0 aromatic heterocycles. The van der Waals surface area contributed by atoms with Gasteiger partial charge in [-0.1, -0.05) is 137 Å². The van der Waals surface area contributed by atoms with Crippen LogP contribution >= 0.6 is 0 Å². The largest absolute Gasteiger partial charge is 0.457 e. The third kappa shape index (κ3) is 30.1. The topological polar surface area (TPSA) is 135 Å². The maximum atomic E-state index is 12.7. The van der Waals surface area contributed by atoms with Gasteiger partial charge in [-0.05, 0) is 89.9 Å². The molecule has 6 atom stereocenters. The Bertz CT molecular complexity index is 1140. The Labute approximate surface area is 346 Å². The van der Waals surface area contributed by atoms with Crippen molar-refractivity contribution >= 4 is 5.97 Å². The normalized spacial score (nSPS) is 21.3. The second-order valence-corrected chi connectivity index (χ2v) is 14.8. The van der Waals surface area contributed by atoms with Crippen LogP contribution < -0.4 is 0 Å². The second kappa shape index (κ2) is 38.9. The molecule has 6 unspecified atom stereocenters. The van der Waals surface area contributed by atoms with Gasteiger partial charge in [-0.15, -0.1) is 0 Å². The highest BCUT2D eigenvalue weighted by atomic mass is 16.7. The first-order valence-corrected chi connectivity index (χ1v) is 22.2. The number of allylic oxidation sites excluding steroid dienone is 14. The van der Waals surface area contributed by atoms with Gasteiger partial charge in [0.15, 0.2) is 6.29 Å². The third-order valence-electron chi connectivity index (χ3n) is 9.55. The molecule has 1 aliphatic rings. The zero-order chi connectivity index (χ0) is 41.4. The van der Waals surface area contributed by atoms with Crippen molar-refractivity contribution < 1.29 is 44.2 Å². The summed E-state index contributed by atoms with van der Waals surface area (Å²) in [5.41, 5.74) is 0. The minimum Gasteiger partial charge on any atom is -0.457 e. The first-order chi connectivity index (χ1) is 27.9. The molecule has 9 heteroatoms. The highest BCUT2D eigenvalue weighted by molar-refractivity contribution is 5.69. The molecular weight excluding hydrogens is 721 g/mol. The van der Waals surface area contributed by atoms with Crippen molar-refractivity contribution in [3.8, 4) is 0 Å². The van der Waals surface area contributed by atoms with Crippen LogP contribution in [-0.2, 0) is 23.7 Å². The summed E-state index contributed by atoms with van der Waals surface area (Å²) in [5.74, 6) is -0.340. The highest BCUT2D eigenvalue weighted by Crippen LogP contribution is 2.22. The number of rotatable bonds is 36. The van der Waals surface area contributed by atoms with Gasteiger partial charge in [0.1, 0.15) is 30.5 Å². The molecule has 0 saturated carbocycles. The van der Waals surface area contributed by atoms with E-state index in [2.05, 4.69) is 98.9 Å². The maximum Gasteiger partial charge on any atom is 0.306 e. The number of esters is 1. The number of carbonyl (C=O) groups is 1. The Morgan fingerprint density at radius 3 is 1.63 bits per heavy atom. The van der Waals surface area contributed by atoms with Crippen molar-refractivity contribution in [3.63, 3.8) is 0 Å². The minimum atomic E-state index is -1.55. The van der Waals surface area contributed by atoms with E-state index in [1.54, 1.807) is 0 Å². The van der Waals surface area contributed by atoms with Gasteiger partial charge >= 0.3 is 5.97 Å². The Kier molecular flexibility index (Phi) is 35.7. The van der Waals surface area contributed by atoms with Crippen LogP contribution in [0.25, 0.3) is 0 Å². The van der Waals surface area contributed by atoms with Crippen molar-refractivity contribution in [3.05, 3.63) is 85.1 Å². The number of aliphatic hydroxyl groups is 4. The van der Waals surface area contributed by atoms with E-state index < -0.39 is 43.4 Å². The van der Waals surface area contributed by atoms with Crippen molar-refractivity contribution in [1.82, 2.24) is 0 Å². The van der Waals surface area contributed by atoms with Gasteiger partial charge < -0.3 is 39.4 Å². The van der Waals surface area contributed by atoms with Crippen LogP contribution in [-0.4, -0.2) is 89.6 Å². The SMILES string of the molecule is CC/C=C\C/C=C\C/C=C\C/C=C\C/C=C\C/C=C\CCCCCOCC(COC1OC(CO)C(O)C(O)C1O)OC(=O)CCCCCCC/C=C\CCCCC. The van der Waals surface area contributed by atoms with E-state index in [9.17, 15) is 25.2 Å². The Balaban J connectivity index is 2.30. The van der Waals surface area contributed by atoms with E-state index in [0.717, 1.165) is 103 Å². The summed E-state index contributed by atoms with van der Waals surface area (Å²) in [4.78, 5) is 12.7. The zero-order valence-corrected chi connectivity index (χ0v) is 35.6. The third-order valence-corrected chi connectivity index (χ3v) is 9.55. The van der Waals surface area contributed by atoms with E-state index in [-0.39, 0.29) is 19.2 Å². The summed E-state index contributed by atoms with van der Waals surface area (Å²) < 4.78 is 22.7. The summed E-state index contributed by atoms with van der Waals surface area (Å²) in [6.45, 7) is 4.30. The Morgan fingerprint density at radius 2 is 1.07 bits per heavy atom. The molecule has 57 heavy (non-hydrogen) atoms. The number of hydrogen-bond acceptors (Lipinski definition) is 9. The summed E-state index contributed by atoms with van der Waals surface area (Å²) >= 11 is 0. The van der Waals surface area contributed by atoms with E-state index >= 15 is 0 Å². The first-order valence-electron chi connectivity index (χ1n) is 22.2. The molecule has 0 radical (unpaired) electrons. The number of unbranched alkanes of at least 4 members (excludes halogenated alkanes) is 11. The lowest BCUT2D eigenvalue weighted by Crippen LogP contribution is -2.59. The Morgan fingerprint density at radius 1 is 0.579 bits per heavy atom. The monoisotopic (exact) mass is 801 g/mol. The fourth-order valence-electron chi connectivity index (χ4n) is 6.08. The van der Waals surface area contributed by atoms with E-state index in [0.29, 0.717) is 13.0 Å². The van der Waals surface area contributed by atoms with Gasteiger partial charge in [-0.3, -0.25) is 4.79 Å². The maximum absolute atomic E-state index is 12.7. The van der Waals surface area contributed by atoms with E-state index in [1.165, 1.54) is 25.7 Å². The molecule has 0 aliphatic carbocycles. The van der Waals surface area contributed by atoms with Crippen molar-refractivity contribution in [2.24, 2.45) is 0 Å². The molecule has 1 aliphatic heterocycles. The summed E-state index contributed by atoms with van der Waals surface area (Å²) in [6, 6.07) is 0. The number of ether oxygens (including phenoxy) is 4. The van der Waals surface area contributed by atoms with Gasteiger partial charge in [0.25, 0.3) is 0 Å². The fourth-order valence-corrected chi connectivity index (χ4v) is 6.08. The lowest BCUT2D eigenvalue weighted by molar-refractivity contribution is -0.305. The quantitative estimate of drug-likeness (QED) is 0.0278. The predicted molar refractivity (Wildman–Crippen MR) is 233 cm³/mol. The predicted octanol–water partition coefficient (Wildman–Crippen LogP) is 9.86. The molecule has 0 aromatic rings. The van der Waals surface area contributed by atoms with Gasteiger partial charge in [-0.2, -0.15) is 0 Å². The molecule has 9 nitrogen and oxygen atoms in total. The average Bonchev–Trinajstić information content (AvgIpc) is 3.21. The van der Waals surface area contributed by atoms with E-state index in [4.69, 9.17) is 18.9 Å². The molecule has 1 heterocycles. The average molecular weight is 801 g/mol. The summed E-state index contributed by atoms with van der Waals surface area (Å²) in [6.07, 6.45) is 44.7. The lowest BCUT2D eigenvalue weighted by Gasteiger charge is -2.39. The standard InChI is InChI=1S/C48H80O9/c1-3-5-7-9-11-13-15-17-18-19-20-21-22-23-24-25-26-28-30-32-34-36-38-54-40-42(41-55-48-47(53)46(52)45(51)43(39-49)57-48)56-44(50)37-35-33-31-29-27-16-14-12-10-8-6-4-2/h5,7,11-14,17-18,20-21,23-24,26,28,42-43,45-49,51-53H,3-4,6,8-10,15-16,19,22,25,27,29-41H2,1-2H3/b7-5-,13-11-,14-12-,18-17-,21-20-,24-23-,28-26-. The number of hydrogen-bond donors (Lipinski definition) is 4. The molecule has 0 spiro atoms. The van der Waals surface area contributed by atoms with Gasteiger partial charge in [0, 0.05) is 13.0 Å². The minimum absolute atomic E-state index is 0.113. The smallest absolute Gasteiger partial charge is 0.306 e. The van der Waals surface area contributed by atoms with Gasteiger partial charge in [0.2, 0.25) is 0 Å². The van der Waals surface area contributed by atoms with Crippen LogP contribution in [0, 0.1) is 0 Å². The van der Waals surface area contributed by atoms with Crippen molar-refractivity contribution in [1.29, 1.82) is 0 Å². The molecule has 4 N–H and O–H groups in total. The number of carbonyl (C=O) groups excluding carboxylic acids is 1. The van der Waals surface area contributed by atoms with Crippen molar-refractivity contribution in [2.75, 3.05) is 26.4 Å². The molecule has 326 valence electrons. The molecule has 1 rings (SSSR count). The molecular formula is C48H80O9. The van der Waals surface area contributed by atoms with Gasteiger partial charge in [-0.25, -0.2) is 0 Å². The molecule has 0 amide bonds. The van der Waals surface area contributed by atoms with Crippen molar-refractivity contribution in [2.45, 2.75) is 185 Å². The van der Waals surface area contributed by atoms with Gasteiger partial charge in [0.05, 0.1) is 19.8 Å². The fraction of sp³-hybridized carbons (Fsp3) is 0.688. The van der Waals surface area contributed by atoms with Crippen LogP contribution in [0.5, 0.6) is 0 Å². The molecule has 0 bridgehead atoms.